The average molecular weight is 249 g/mol. The Morgan fingerprint density at radius 3 is 2.78 bits per heavy atom. The summed E-state index contributed by atoms with van der Waals surface area (Å²) in [6.45, 7) is 3.59. The van der Waals surface area contributed by atoms with Crippen LogP contribution >= 0.6 is 0 Å². The largest absolute Gasteiger partial charge is 0.491 e. The second-order valence-corrected chi connectivity index (χ2v) is 5.11. The predicted molar refractivity (Wildman–Crippen MR) is 72.9 cm³/mol. The minimum Gasteiger partial charge on any atom is -0.491 e. The van der Waals surface area contributed by atoms with Crippen LogP contribution in [0.1, 0.15) is 31.7 Å². The second kappa shape index (κ2) is 6.76. The highest BCUT2D eigenvalue weighted by Crippen LogP contribution is 2.17. The van der Waals surface area contributed by atoms with Crippen LogP contribution in [-0.2, 0) is 11.2 Å². The van der Waals surface area contributed by atoms with Crippen LogP contribution in [0.3, 0.4) is 0 Å². The van der Waals surface area contributed by atoms with Crippen LogP contribution in [0.5, 0.6) is 5.75 Å². The molecule has 0 amide bonds. The molecule has 3 heteroatoms. The molecule has 1 aromatic carbocycles. The lowest BCUT2D eigenvalue weighted by Gasteiger charge is -2.12. The monoisotopic (exact) mass is 249 g/mol. The summed E-state index contributed by atoms with van der Waals surface area (Å²) in [7, 11) is 0. The van der Waals surface area contributed by atoms with Crippen LogP contribution in [0.2, 0.25) is 0 Å². The fraction of sp³-hybridized carbons (Fsp3) is 0.600. The molecule has 18 heavy (non-hydrogen) atoms. The molecular weight excluding hydrogens is 226 g/mol. The Hall–Kier alpha value is -1.06. The van der Waals surface area contributed by atoms with E-state index in [4.69, 9.17) is 15.2 Å². The number of benzene rings is 1. The molecule has 0 bridgehead atoms. The Balaban J connectivity index is 1.76. The van der Waals surface area contributed by atoms with Gasteiger partial charge in [-0.05, 0) is 50.3 Å². The van der Waals surface area contributed by atoms with Crippen molar-refractivity contribution >= 4 is 0 Å². The van der Waals surface area contributed by atoms with Crippen molar-refractivity contribution in [2.24, 2.45) is 5.73 Å². The molecule has 1 aliphatic heterocycles. The summed E-state index contributed by atoms with van der Waals surface area (Å²) in [4.78, 5) is 0. The van der Waals surface area contributed by atoms with E-state index in [1.807, 2.05) is 19.1 Å². The van der Waals surface area contributed by atoms with E-state index in [-0.39, 0.29) is 12.1 Å². The van der Waals surface area contributed by atoms with Gasteiger partial charge >= 0.3 is 0 Å². The molecule has 0 radical (unpaired) electrons. The molecule has 1 fully saturated rings. The third-order valence-electron chi connectivity index (χ3n) is 3.27. The quantitative estimate of drug-likeness (QED) is 0.842. The Morgan fingerprint density at radius 1 is 1.39 bits per heavy atom. The molecule has 0 spiro atoms. The lowest BCUT2D eigenvalue weighted by Crippen LogP contribution is -2.16. The van der Waals surface area contributed by atoms with Gasteiger partial charge in [0.25, 0.3) is 0 Å². The molecule has 0 aromatic heterocycles. The molecule has 1 saturated heterocycles. The van der Waals surface area contributed by atoms with Crippen LogP contribution < -0.4 is 10.5 Å². The van der Waals surface area contributed by atoms with E-state index in [2.05, 4.69) is 12.1 Å². The van der Waals surface area contributed by atoms with Crippen molar-refractivity contribution in [2.75, 3.05) is 13.2 Å². The summed E-state index contributed by atoms with van der Waals surface area (Å²) in [5, 5.41) is 0. The number of hydrogen-bond acceptors (Lipinski definition) is 3. The summed E-state index contributed by atoms with van der Waals surface area (Å²) in [5.74, 6) is 0.926. The van der Waals surface area contributed by atoms with Crippen LogP contribution in [0.15, 0.2) is 24.3 Å². The van der Waals surface area contributed by atoms with Gasteiger partial charge in [0.05, 0.1) is 6.10 Å². The molecule has 2 N–H and O–H groups in total. The molecular formula is C15H23NO2. The zero-order valence-corrected chi connectivity index (χ0v) is 11.1. The fourth-order valence-electron chi connectivity index (χ4n) is 2.11. The molecule has 0 aliphatic carbocycles. The number of nitrogens with two attached hydrogens (primary N) is 1. The molecule has 100 valence electrons. The maximum atomic E-state index is 5.75. The van der Waals surface area contributed by atoms with Gasteiger partial charge in [0.1, 0.15) is 12.4 Å². The highest BCUT2D eigenvalue weighted by atomic mass is 16.5. The van der Waals surface area contributed by atoms with Crippen molar-refractivity contribution in [3.05, 3.63) is 29.8 Å². The molecule has 2 rings (SSSR count). The molecule has 0 saturated carbocycles. The third kappa shape index (κ3) is 4.31. The second-order valence-electron chi connectivity index (χ2n) is 5.11. The summed E-state index contributed by atoms with van der Waals surface area (Å²) in [5.41, 5.74) is 7.07. The number of rotatable bonds is 6. The lowest BCUT2D eigenvalue weighted by molar-refractivity contribution is 0.0679. The number of ether oxygens (including phenoxy) is 2. The van der Waals surface area contributed by atoms with Gasteiger partial charge in [0.15, 0.2) is 0 Å². The molecule has 3 nitrogen and oxygen atoms in total. The van der Waals surface area contributed by atoms with Gasteiger partial charge in [-0.25, -0.2) is 0 Å². The van der Waals surface area contributed by atoms with Crippen molar-refractivity contribution in [3.63, 3.8) is 0 Å². The Kier molecular flexibility index (Phi) is 5.02. The van der Waals surface area contributed by atoms with E-state index in [0.717, 1.165) is 38.0 Å². The van der Waals surface area contributed by atoms with Crippen molar-refractivity contribution in [2.45, 2.75) is 44.8 Å². The predicted octanol–water partition coefficient (Wildman–Crippen LogP) is 2.52. The summed E-state index contributed by atoms with van der Waals surface area (Å²) < 4.78 is 11.2. The smallest absolute Gasteiger partial charge is 0.119 e. The first kappa shape index (κ1) is 13.4. The molecule has 1 heterocycles. The van der Waals surface area contributed by atoms with Gasteiger partial charge in [-0.3, -0.25) is 0 Å². The third-order valence-corrected chi connectivity index (χ3v) is 3.27. The van der Waals surface area contributed by atoms with E-state index >= 15 is 0 Å². The molecule has 1 aromatic rings. The Morgan fingerprint density at radius 2 is 2.17 bits per heavy atom. The van der Waals surface area contributed by atoms with Gasteiger partial charge in [0, 0.05) is 12.6 Å². The lowest BCUT2D eigenvalue weighted by atomic mass is 10.1. The fourth-order valence-corrected chi connectivity index (χ4v) is 2.11. The summed E-state index contributed by atoms with van der Waals surface area (Å²) in [6, 6.07) is 8.57. The van der Waals surface area contributed by atoms with Crippen LogP contribution in [0.25, 0.3) is 0 Å². The van der Waals surface area contributed by atoms with Crippen molar-refractivity contribution in [3.8, 4) is 5.75 Å². The van der Waals surface area contributed by atoms with Crippen molar-refractivity contribution in [1.29, 1.82) is 0 Å². The Bertz CT molecular complexity index is 342. The standard InChI is InChI=1S/C15H23NO2/c1-12(16)4-5-13-6-8-14(9-7-13)18-11-15-3-2-10-17-15/h6-9,12,15H,2-5,10-11,16H2,1H3. The minimum absolute atomic E-state index is 0.264. The molecule has 2 unspecified atom stereocenters. The topological polar surface area (TPSA) is 44.5 Å². The van der Waals surface area contributed by atoms with Gasteiger partial charge in [-0.15, -0.1) is 0 Å². The van der Waals surface area contributed by atoms with E-state index in [1.54, 1.807) is 0 Å². The average Bonchev–Trinajstić information content (AvgIpc) is 2.88. The van der Waals surface area contributed by atoms with Gasteiger partial charge in [0.2, 0.25) is 0 Å². The zero-order chi connectivity index (χ0) is 12.8. The van der Waals surface area contributed by atoms with Gasteiger partial charge in [-0.1, -0.05) is 12.1 Å². The van der Waals surface area contributed by atoms with E-state index in [9.17, 15) is 0 Å². The van der Waals surface area contributed by atoms with E-state index < -0.39 is 0 Å². The van der Waals surface area contributed by atoms with Crippen molar-refractivity contribution < 1.29 is 9.47 Å². The first-order valence-electron chi connectivity index (χ1n) is 6.83. The minimum atomic E-state index is 0.264. The maximum Gasteiger partial charge on any atom is 0.119 e. The Labute approximate surface area is 109 Å². The van der Waals surface area contributed by atoms with Gasteiger partial charge in [-0.2, -0.15) is 0 Å². The van der Waals surface area contributed by atoms with Crippen LogP contribution in [-0.4, -0.2) is 25.4 Å². The number of aryl methyl sites for hydroxylation is 1. The first-order chi connectivity index (χ1) is 8.74. The first-order valence-corrected chi connectivity index (χ1v) is 6.83. The molecule has 2 atom stereocenters. The van der Waals surface area contributed by atoms with Gasteiger partial charge < -0.3 is 15.2 Å². The summed E-state index contributed by atoms with van der Waals surface area (Å²) in [6.07, 6.45) is 4.61. The molecule has 1 aliphatic rings. The normalized spacial score (nSPS) is 20.9. The maximum absolute atomic E-state index is 5.75. The highest BCUT2D eigenvalue weighted by Gasteiger charge is 2.15. The SMILES string of the molecule is CC(N)CCc1ccc(OCC2CCCO2)cc1. The van der Waals surface area contributed by atoms with E-state index in [0.29, 0.717) is 6.61 Å². The number of hydrogen-bond donors (Lipinski definition) is 1. The van der Waals surface area contributed by atoms with Crippen LogP contribution in [0, 0.1) is 0 Å². The summed E-state index contributed by atoms with van der Waals surface area (Å²) >= 11 is 0. The van der Waals surface area contributed by atoms with E-state index in [1.165, 1.54) is 5.56 Å². The van der Waals surface area contributed by atoms with Crippen molar-refractivity contribution in [1.82, 2.24) is 0 Å². The highest BCUT2D eigenvalue weighted by molar-refractivity contribution is 5.27. The van der Waals surface area contributed by atoms with Crippen LogP contribution in [0.4, 0.5) is 0 Å². The zero-order valence-electron chi connectivity index (χ0n) is 11.1.